The molecule has 1 rings (SSSR count). The summed E-state index contributed by atoms with van der Waals surface area (Å²) in [6.45, 7) is 9.03. The molecule has 0 aromatic heterocycles. The summed E-state index contributed by atoms with van der Waals surface area (Å²) in [5.74, 6) is 2.15. The SMILES string of the molecule is CCNC(=NCCCc1ccc(OC)c(OCC)c1)NCCCC(=O)OCC.I. The van der Waals surface area contributed by atoms with Crippen LogP contribution in [0.4, 0.5) is 0 Å². The highest BCUT2D eigenvalue weighted by Gasteiger charge is 2.06. The maximum Gasteiger partial charge on any atom is 0.305 e. The molecule has 0 bridgehead atoms. The van der Waals surface area contributed by atoms with Crippen LogP contribution in [0.2, 0.25) is 0 Å². The van der Waals surface area contributed by atoms with E-state index in [4.69, 9.17) is 14.2 Å². The molecule has 29 heavy (non-hydrogen) atoms. The second-order valence-electron chi connectivity index (χ2n) is 6.12. The number of carbonyl (C=O) groups is 1. The predicted octanol–water partition coefficient (Wildman–Crippen LogP) is 3.54. The van der Waals surface area contributed by atoms with Crippen molar-refractivity contribution < 1.29 is 19.0 Å². The van der Waals surface area contributed by atoms with Crippen LogP contribution in [0.25, 0.3) is 0 Å². The minimum absolute atomic E-state index is 0. The lowest BCUT2D eigenvalue weighted by molar-refractivity contribution is -0.143. The van der Waals surface area contributed by atoms with Crippen molar-refractivity contribution >= 4 is 35.9 Å². The molecule has 2 N–H and O–H groups in total. The van der Waals surface area contributed by atoms with Crippen molar-refractivity contribution in [3.05, 3.63) is 23.8 Å². The van der Waals surface area contributed by atoms with Gasteiger partial charge in [0, 0.05) is 26.1 Å². The molecule has 1 aromatic rings. The van der Waals surface area contributed by atoms with Crippen molar-refractivity contribution in [1.82, 2.24) is 10.6 Å². The van der Waals surface area contributed by atoms with Gasteiger partial charge in [-0.3, -0.25) is 9.79 Å². The van der Waals surface area contributed by atoms with Crippen molar-refractivity contribution in [3.63, 3.8) is 0 Å². The minimum atomic E-state index is -0.155. The van der Waals surface area contributed by atoms with Crippen LogP contribution in [-0.2, 0) is 16.0 Å². The average molecular weight is 521 g/mol. The Morgan fingerprint density at radius 1 is 1.07 bits per heavy atom. The lowest BCUT2D eigenvalue weighted by Gasteiger charge is -2.12. The van der Waals surface area contributed by atoms with E-state index in [1.807, 2.05) is 32.9 Å². The fourth-order valence-electron chi connectivity index (χ4n) is 2.63. The molecule has 0 atom stereocenters. The van der Waals surface area contributed by atoms with Crippen LogP contribution in [-0.4, -0.2) is 51.9 Å². The molecule has 1 aromatic carbocycles. The number of ether oxygens (including phenoxy) is 3. The summed E-state index contributed by atoms with van der Waals surface area (Å²) >= 11 is 0. The van der Waals surface area contributed by atoms with Crippen LogP contribution in [0.15, 0.2) is 23.2 Å². The number of esters is 1. The van der Waals surface area contributed by atoms with E-state index in [2.05, 4.69) is 21.7 Å². The lowest BCUT2D eigenvalue weighted by atomic mass is 10.1. The molecule has 0 amide bonds. The van der Waals surface area contributed by atoms with Crippen LogP contribution in [0.1, 0.15) is 45.6 Å². The van der Waals surface area contributed by atoms with Gasteiger partial charge in [0.05, 0.1) is 20.3 Å². The van der Waals surface area contributed by atoms with Gasteiger partial charge < -0.3 is 24.8 Å². The third-order valence-corrected chi connectivity index (χ3v) is 3.92. The molecule has 8 heteroatoms. The highest BCUT2D eigenvalue weighted by molar-refractivity contribution is 14.0. The van der Waals surface area contributed by atoms with Crippen LogP contribution < -0.4 is 20.1 Å². The third-order valence-electron chi connectivity index (χ3n) is 3.92. The van der Waals surface area contributed by atoms with Crippen molar-refractivity contribution in [1.29, 1.82) is 0 Å². The minimum Gasteiger partial charge on any atom is -0.493 e. The summed E-state index contributed by atoms with van der Waals surface area (Å²) in [5.41, 5.74) is 1.20. The van der Waals surface area contributed by atoms with Gasteiger partial charge in [0.1, 0.15) is 0 Å². The fourth-order valence-corrected chi connectivity index (χ4v) is 2.63. The summed E-state index contributed by atoms with van der Waals surface area (Å²) in [6.07, 6.45) is 2.97. The van der Waals surface area contributed by atoms with E-state index in [0.29, 0.717) is 32.7 Å². The van der Waals surface area contributed by atoms with E-state index in [0.717, 1.165) is 43.3 Å². The molecule has 0 aliphatic heterocycles. The molecule has 0 fully saturated rings. The van der Waals surface area contributed by atoms with E-state index in [1.165, 1.54) is 5.56 Å². The number of methoxy groups -OCH3 is 1. The molecule has 0 saturated carbocycles. The summed E-state index contributed by atoms with van der Waals surface area (Å²) in [7, 11) is 1.65. The van der Waals surface area contributed by atoms with Crippen LogP contribution in [0, 0.1) is 0 Å². The van der Waals surface area contributed by atoms with E-state index in [9.17, 15) is 4.79 Å². The van der Waals surface area contributed by atoms with Gasteiger partial charge in [0.25, 0.3) is 0 Å². The van der Waals surface area contributed by atoms with Crippen molar-refractivity contribution in [3.8, 4) is 11.5 Å². The molecule has 0 saturated heterocycles. The van der Waals surface area contributed by atoms with Crippen LogP contribution in [0.5, 0.6) is 11.5 Å². The Labute approximate surface area is 192 Å². The molecule has 166 valence electrons. The zero-order valence-electron chi connectivity index (χ0n) is 18.1. The molecular weight excluding hydrogens is 485 g/mol. The van der Waals surface area contributed by atoms with Crippen LogP contribution in [0.3, 0.4) is 0 Å². The van der Waals surface area contributed by atoms with E-state index in [1.54, 1.807) is 7.11 Å². The standard InChI is InChI=1S/C21H35N3O4.HI/c1-5-22-21(24-15-9-11-20(25)28-7-3)23-14-8-10-17-12-13-18(26-4)19(16-17)27-6-2;/h12-13,16H,5-11,14-15H2,1-4H3,(H2,22,23,24);1H. The lowest BCUT2D eigenvalue weighted by Crippen LogP contribution is -2.38. The van der Waals surface area contributed by atoms with Gasteiger partial charge in [-0.2, -0.15) is 0 Å². The monoisotopic (exact) mass is 521 g/mol. The average Bonchev–Trinajstić information content (AvgIpc) is 2.69. The van der Waals surface area contributed by atoms with Gasteiger partial charge in [0.15, 0.2) is 17.5 Å². The summed E-state index contributed by atoms with van der Waals surface area (Å²) in [6, 6.07) is 6.04. The first kappa shape index (κ1) is 27.3. The number of aryl methyl sites for hydroxylation is 1. The first-order valence-corrected chi connectivity index (χ1v) is 10.1. The molecule has 0 aliphatic carbocycles. The maximum absolute atomic E-state index is 11.4. The molecule has 7 nitrogen and oxygen atoms in total. The molecular formula is C21H36IN3O4. The maximum atomic E-state index is 11.4. The van der Waals surface area contributed by atoms with Crippen molar-refractivity contribution in [2.75, 3.05) is 40.0 Å². The molecule has 0 unspecified atom stereocenters. The number of aliphatic imine (C=N–C) groups is 1. The largest absolute Gasteiger partial charge is 0.493 e. The van der Waals surface area contributed by atoms with Gasteiger partial charge in [-0.05, 0) is 57.7 Å². The Morgan fingerprint density at radius 2 is 1.86 bits per heavy atom. The normalized spacial score (nSPS) is 10.7. The smallest absolute Gasteiger partial charge is 0.305 e. The zero-order valence-corrected chi connectivity index (χ0v) is 20.4. The Hall–Kier alpha value is -1.71. The number of hydrogen-bond acceptors (Lipinski definition) is 5. The topological polar surface area (TPSA) is 81.2 Å². The molecule has 0 aliphatic rings. The van der Waals surface area contributed by atoms with Gasteiger partial charge >= 0.3 is 5.97 Å². The Bertz CT molecular complexity index is 612. The Balaban J connectivity index is 0.00000784. The van der Waals surface area contributed by atoms with Gasteiger partial charge in [0.2, 0.25) is 0 Å². The molecule has 0 spiro atoms. The van der Waals surface area contributed by atoms with Gasteiger partial charge in [-0.1, -0.05) is 6.07 Å². The van der Waals surface area contributed by atoms with Gasteiger partial charge in [-0.25, -0.2) is 0 Å². The summed E-state index contributed by atoms with van der Waals surface area (Å²) < 4.78 is 15.9. The van der Waals surface area contributed by atoms with Crippen LogP contribution >= 0.6 is 24.0 Å². The quantitative estimate of drug-likeness (QED) is 0.136. The number of halogens is 1. The van der Waals surface area contributed by atoms with E-state index < -0.39 is 0 Å². The first-order valence-electron chi connectivity index (χ1n) is 10.1. The number of rotatable bonds is 13. The number of nitrogens with one attached hydrogen (secondary N) is 2. The number of carbonyl (C=O) groups excluding carboxylic acids is 1. The Morgan fingerprint density at radius 3 is 2.52 bits per heavy atom. The van der Waals surface area contributed by atoms with E-state index >= 15 is 0 Å². The predicted molar refractivity (Wildman–Crippen MR) is 128 cm³/mol. The van der Waals surface area contributed by atoms with Gasteiger partial charge in [-0.15, -0.1) is 24.0 Å². The zero-order chi connectivity index (χ0) is 20.6. The number of benzene rings is 1. The van der Waals surface area contributed by atoms with Crippen molar-refractivity contribution in [2.45, 2.75) is 46.5 Å². The summed E-state index contributed by atoms with van der Waals surface area (Å²) in [4.78, 5) is 15.9. The molecule has 0 heterocycles. The second-order valence-corrected chi connectivity index (χ2v) is 6.12. The Kier molecular flexibility index (Phi) is 16.2. The second kappa shape index (κ2) is 17.2. The first-order chi connectivity index (χ1) is 13.6. The highest BCUT2D eigenvalue weighted by atomic mass is 127. The fraction of sp³-hybridized carbons (Fsp3) is 0.619. The number of nitrogens with zero attached hydrogens (tertiary/aromatic N) is 1. The molecule has 0 radical (unpaired) electrons. The third kappa shape index (κ3) is 11.8. The number of hydrogen-bond donors (Lipinski definition) is 2. The van der Waals surface area contributed by atoms with E-state index in [-0.39, 0.29) is 29.9 Å². The highest BCUT2D eigenvalue weighted by Crippen LogP contribution is 2.28. The number of guanidine groups is 1. The summed E-state index contributed by atoms with van der Waals surface area (Å²) in [5, 5.41) is 6.47. The van der Waals surface area contributed by atoms with Crippen molar-refractivity contribution in [2.24, 2.45) is 4.99 Å².